The molecule has 4 nitrogen and oxygen atoms in total. The number of carbonyl (C=O) groups excluding carboxylic acids is 1. The number of nitrogens with zero attached hydrogens (tertiary/aromatic N) is 1. The summed E-state index contributed by atoms with van der Waals surface area (Å²) in [6, 6.07) is 3.86. The SMILES string of the molecule is CCOC(=O)c1c(C)n(CC)c2cc(Br)c(OC)cc12. The summed E-state index contributed by atoms with van der Waals surface area (Å²) in [5.74, 6) is 0.419. The van der Waals surface area contributed by atoms with Crippen LogP contribution in [0.4, 0.5) is 0 Å². The molecule has 0 saturated carbocycles. The predicted molar refractivity (Wildman–Crippen MR) is 82.6 cm³/mol. The van der Waals surface area contributed by atoms with Crippen molar-refractivity contribution in [3.8, 4) is 5.75 Å². The highest BCUT2D eigenvalue weighted by atomic mass is 79.9. The first-order valence-electron chi connectivity index (χ1n) is 6.58. The average molecular weight is 340 g/mol. The highest BCUT2D eigenvalue weighted by molar-refractivity contribution is 9.10. The maximum Gasteiger partial charge on any atom is 0.340 e. The fraction of sp³-hybridized carbons (Fsp3) is 0.400. The minimum atomic E-state index is -0.286. The van der Waals surface area contributed by atoms with E-state index in [-0.39, 0.29) is 5.97 Å². The monoisotopic (exact) mass is 339 g/mol. The first kappa shape index (κ1) is 14.9. The Balaban J connectivity index is 2.79. The smallest absolute Gasteiger partial charge is 0.340 e. The normalized spacial score (nSPS) is 10.8. The summed E-state index contributed by atoms with van der Waals surface area (Å²) in [4.78, 5) is 12.2. The van der Waals surface area contributed by atoms with E-state index >= 15 is 0 Å². The second kappa shape index (κ2) is 5.87. The zero-order valence-electron chi connectivity index (χ0n) is 12.1. The summed E-state index contributed by atoms with van der Waals surface area (Å²) in [5, 5.41) is 0.864. The molecule has 2 rings (SSSR count). The second-order valence-electron chi connectivity index (χ2n) is 4.43. The van der Waals surface area contributed by atoms with Gasteiger partial charge in [0.15, 0.2) is 0 Å². The third-order valence-corrected chi connectivity index (χ3v) is 4.01. The quantitative estimate of drug-likeness (QED) is 0.792. The Bertz CT molecular complexity index is 661. The summed E-state index contributed by atoms with van der Waals surface area (Å²) >= 11 is 3.49. The largest absolute Gasteiger partial charge is 0.496 e. The highest BCUT2D eigenvalue weighted by Crippen LogP contribution is 2.35. The van der Waals surface area contributed by atoms with Gasteiger partial charge in [-0.1, -0.05) is 0 Å². The van der Waals surface area contributed by atoms with Crippen molar-refractivity contribution in [1.29, 1.82) is 0 Å². The van der Waals surface area contributed by atoms with E-state index in [1.165, 1.54) is 0 Å². The third kappa shape index (κ3) is 2.30. The van der Waals surface area contributed by atoms with Crippen molar-refractivity contribution in [2.45, 2.75) is 27.3 Å². The number of ether oxygens (including phenoxy) is 2. The van der Waals surface area contributed by atoms with Gasteiger partial charge in [-0.05, 0) is 48.8 Å². The molecule has 0 aliphatic carbocycles. The number of hydrogen-bond acceptors (Lipinski definition) is 3. The van der Waals surface area contributed by atoms with Crippen LogP contribution >= 0.6 is 15.9 Å². The lowest BCUT2D eigenvalue weighted by molar-refractivity contribution is 0.0527. The number of rotatable bonds is 4. The number of fused-ring (bicyclic) bond motifs is 1. The maximum absolute atomic E-state index is 12.2. The molecule has 0 saturated heterocycles. The molecule has 2 aromatic rings. The van der Waals surface area contributed by atoms with Crippen molar-refractivity contribution in [3.05, 3.63) is 27.9 Å². The van der Waals surface area contributed by atoms with E-state index in [4.69, 9.17) is 9.47 Å². The van der Waals surface area contributed by atoms with Gasteiger partial charge in [0.05, 0.1) is 29.3 Å². The Hall–Kier alpha value is -1.49. The Kier molecular flexibility index (Phi) is 4.38. The van der Waals surface area contributed by atoms with Gasteiger partial charge in [0.2, 0.25) is 0 Å². The molecule has 0 radical (unpaired) electrons. The van der Waals surface area contributed by atoms with Crippen molar-refractivity contribution >= 4 is 32.8 Å². The van der Waals surface area contributed by atoms with Crippen LogP contribution in [0.15, 0.2) is 16.6 Å². The number of halogens is 1. The van der Waals surface area contributed by atoms with Gasteiger partial charge in [0.25, 0.3) is 0 Å². The van der Waals surface area contributed by atoms with Crippen LogP contribution in [-0.2, 0) is 11.3 Å². The van der Waals surface area contributed by atoms with Crippen molar-refractivity contribution in [2.75, 3.05) is 13.7 Å². The van der Waals surface area contributed by atoms with Crippen LogP contribution in [0.2, 0.25) is 0 Å². The number of hydrogen-bond donors (Lipinski definition) is 0. The number of esters is 1. The van der Waals surface area contributed by atoms with Gasteiger partial charge < -0.3 is 14.0 Å². The number of carbonyl (C=O) groups is 1. The Morgan fingerprint density at radius 2 is 2.05 bits per heavy atom. The molecule has 108 valence electrons. The topological polar surface area (TPSA) is 40.5 Å². The summed E-state index contributed by atoms with van der Waals surface area (Å²) in [7, 11) is 1.61. The highest BCUT2D eigenvalue weighted by Gasteiger charge is 2.21. The molecule has 0 aliphatic heterocycles. The second-order valence-corrected chi connectivity index (χ2v) is 5.28. The Morgan fingerprint density at radius 3 is 2.60 bits per heavy atom. The average Bonchev–Trinajstić information content (AvgIpc) is 2.68. The van der Waals surface area contributed by atoms with Gasteiger partial charge in [-0.3, -0.25) is 0 Å². The van der Waals surface area contributed by atoms with Crippen LogP contribution in [0.25, 0.3) is 10.9 Å². The molecule has 20 heavy (non-hydrogen) atoms. The van der Waals surface area contributed by atoms with Crippen molar-refractivity contribution in [2.24, 2.45) is 0 Å². The van der Waals surface area contributed by atoms with Gasteiger partial charge in [-0.2, -0.15) is 0 Å². The van der Waals surface area contributed by atoms with E-state index in [0.29, 0.717) is 17.9 Å². The van der Waals surface area contributed by atoms with Gasteiger partial charge in [-0.15, -0.1) is 0 Å². The zero-order chi connectivity index (χ0) is 14.9. The van der Waals surface area contributed by atoms with Crippen LogP contribution in [0.5, 0.6) is 5.75 Å². The fourth-order valence-corrected chi connectivity index (χ4v) is 3.00. The minimum Gasteiger partial charge on any atom is -0.496 e. The van der Waals surface area contributed by atoms with E-state index in [1.54, 1.807) is 7.11 Å². The zero-order valence-corrected chi connectivity index (χ0v) is 13.7. The first-order valence-corrected chi connectivity index (χ1v) is 7.37. The molecule has 0 aliphatic rings. The number of methoxy groups -OCH3 is 1. The van der Waals surface area contributed by atoms with Gasteiger partial charge >= 0.3 is 5.97 Å². The maximum atomic E-state index is 12.2. The van der Waals surface area contributed by atoms with Gasteiger partial charge in [0, 0.05) is 17.6 Å². The van der Waals surface area contributed by atoms with Gasteiger partial charge in [0.1, 0.15) is 5.75 Å². The molecule has 0 atom stereocenters. The summed E-state index contributed by atoms with van der Waals surface area (Å²) < 4.78 is 13.5. The summed E-state index contributed by atoms with van der Waals surface area (Å²) in [5.41, 5.74) is 2.54. The molecule has 0 unspecified atom stereocenters. The van der Waals surface area contributed by atoms with Crippen molar-refractivity contribution in [1.82, 2.24) is 4.57 Å². The molecular formula is C15H18BrNO3. The molecule has 0 spiro atoms. The Labute approximate surface area is 126 Å². The van der Waals surface area contributed by atoms with Crippen LogP contribution in [0.1, 0.15) is 29.9 Å². The summed E-state index contributed by atoms with van der Waals surface area (Å²) in [6.07, 6.45) is 0. The fourth-order valence-electron chi connectivity index (χ4n) is 2.50. The van der Waals surface area contributed by atoms with Gasteiger partial charge in [-0.25, -0.2) is 4.79 Å². The number of aryl methyl sites for hydroxylation is 1. The molecule has 0 amide bonds. The number of benzene rings is 1. The van der Waals surface area contributed by atoms with E-state index in [2.05, 4.69) is 27.4 Å². The molecular weight excluding hydrogens is 322 g/mol. The summed E-state index contributed by atoms with van der Waals surface area (Å²) in [6.45, 7) is 6.96. The lowest BCUT2D eigenvalue weighted by Gasteiger charge is -2.06. The lowest BCUT2D eigenvalue weighted by Crippen LogP contribution is -2.07. The molecule has 0 N–H and O–H groups in total. The van der Waals surface area contributed by atoms with E-state index in [9.17, 15) is 4.79 Å². The van der Waals surface area contributed by atoms with Crippen LogP contribution in [-0.4, -0.2) is 24.3 Å². The molecule has 1 heterocycles. The van der Waals surface area contributed by atoms with E-state index in [0.717, 1.165) is 27.6 Å². The number of aromatic nitrogens is 1. The van der Waals surface area contributed by atoms with Crippen LogP contribution in [0, 0.1) is 6.92 Å². The Morgan fingerprint density at radius 1 is 1.35 bits per heavy atom. The molecule has 1 aromatic heterocycles. The molecule has 0 fully saturated rings. The predicted octanol–water partition coefficient (Wildman–Crippen LogP) is 3.92. The van der Waals surface area contributed by atoms with E-state index < -0.39 is 0 Å². The van der Waals surface area contributed by atoms with Crippen LogP contribution in [0.3, 0.4) is 0 Å². The standard InChI is InChI=1S/C15H18BrNO3/c1-5-17-9(3)14(15(18)20-6-2)10-7-13(19-4)11(16)8-12(10)17/h7-8H,5-6H2,1-4H3. The van der Waals surface area contributed by atoms with Crippen LogP contribution < -0.4 is 4.74 Å². The van der Waals surface area contributed by atoms with E-state index in [1.807, 2.05) is 26.0 Å². The minimum absolute atomic E-state index is 0.286. The third-order valence-electron chi connectivity index (χ3n) is 3.39. The lowest BCUT2D eigenvalue weighted by atomic mass is 10.1. The molecule has 0 bridgehead atoms. The molecule has 1 aromatic carbocycles. The first-order chi connectivity index (χ1) is 9.54. The molecule has 5 heteroatoms. The van der Waals surface area contributed by atoms with Crippen molar-refractivity contribution in [3.63, 3.8) is 0 Å². The van der Waals surface area contributed by atoms with Crippen molar-refractivity contribution < 1.29 is 14.3 Å².